The molecule has 1 amide bonds. The first-order valence-electron chi connectivity index (χ1n) is 9.57. The van der Waals surface area contributed by atoms with E-state index >= 15 is 0 Å². The van der Waals surface area contributed by atoms with E-state index in [-0.39, 0.29) is 11.9 Å². The first-order valence-corrected chi connectivity index (χ1v) is 9.57. The number of fused-ring (bicyclic) bond motifs is 1. The third-order valence-electron chi connectivity index (χ3n) is 4.76. The molecule has 3 aromatic rings. The van der Waals surface area contributed by atoms with E-state index in [2.05, 4.69) is 17.4 Å². The van der Waals surface area contributed by atoms with Crippen LogP contribution in [0.4, 0.5) is 0 Å². The van der Waals surface area contributed by atoms with Gasteiger partial charge in [-0.2, -0.15) is 0 Å². The summed E-state index contributed by atoms with van der Waals surface area (Å²) >= 11 is 0. The van der Waals surface area contributed by atoms with Gasteiger partial charge in [0.2, 0.25) is 0 Å². The van der Waals surface area contributed by atoms with Gasteiger partial charge in [0.15, 0.2) is 6.10 Å². The Balaban J connectivity index is 1.55. The molecule has 0 aromatic heterocycles. The normalized spacial score (nSPS) is 12.9. The molecular formula is C24H25NO3. The van der Waals surface area contributed by atoms with Crippen LogP contribution in [0.5, 0.6) is 0 Å². The van der Waals surface area contributed by atoms with Crippen molar-refractivity contribution >= 4 is 22.6 Å². The first-order chi connectivity index (χ1) is 13.5. The molecule has 0 unspecified atom stereocenters. The number of hydrogen-bond donors (Lipinski definition) is 1. The molecular weight excluding hydrogens is 350 g/mol. The molecule has 144 valence electrons. The number of esters is 1. The number of carbonyl (C=O) groups excluding carboxylic acids is 2. The highest BCUT2D eigenvalue weighted by Crippen LogP contribution is 2.19. The Labute approximate surface area is 165 Å². The zero-order valence-corrected chi connectivity index (χ0v) is 16.2. The van der Waals surface area contributed by atoms with Crippen LogP contribution >= 0.6 is 0 Å². The van der Waals surface area contributed by atoms with Crippen LogP contribution in [0.3, 0.4) is 0 Å². The number of amides is 1. The molecule has 0 spiro atoms. The maximum Gasteiger partial charge on any atom is 0.339 e. The Morgan fingerprint density at radius 1 is 0.893 bits per heavy atom. The Morgan fingerprint density at radius 2 is 1.57 bits per heavy atom. The molecule has 0 bridgehead atoms. The maximum absolute atomic E-state index is 12.6. The lowest BCUT2D eigenvalue weighted by atomic mass is 10.0. The lowest BCUT2D eigenvalue weighted by Gasteiger charge is -2.18. The summed E-state index contributed by atoms with van der Waals surface area (Å²) in [7, 11) is 0. The van der Waals surface area contributed by atoms with Crippen LogP contribution in [0.1, 0.15) is 36.2 Å². The minimum absolute atomic E-state index is 0.00795. The fourth-order valence-corrected chi connectivity index (χ4v) is 3.14. The topological polar surface area (TPSA) is 55.4 Å². The van der Waals surface area contributed by atoms with E-state index in [1.807, 2.05) is 61.5 Å². The van der Waals surface area contributed by atoms with Crippen molar-refractivity contribution in [3.05, 3.63) is 83.9 Å². The molecule has 3 aromatic carbocycles. The van der Waals surface area contributed by atoms with Gasteiger partial charge in [-0.05, 0) is 49.1 Å². The zero-order chi connectivity index (χ0) is 19.9. The maximum atomic E-state index is 12.6. The fraction of sp³-hybridized carbons (Fsp3) is 0.250. The summed E-state index contributed by atoms with van der Waals surface area (Å²) in [6, 6.07) is 23.2. The van der Waals surface area contributed by atoms with Gasteiger partial charge in [0.1, 0.15) is 0 Å². The van der Waals surface area contributed by atoms with Crippen LogP contribution < -0.4 is 5.32 Å². The number of rotatable bonds is 7. The molecule has 4 nitrogen and oxygen atoms in total. The molecule has 0 saturated carbocycles. The highest BCUT2D eigenvalue weighted by Gasteiger charge is 2.21. The Bertz CT molecular complexity index is 947. The van der Waals surface area contributed by atoms with Gasteiger partial charge >= 0.3 is 5.97 Å². The average molecular weight is 375 g/mol. The molecule has 0 aliphatic heterocycles. The Kier molecular flexibility index (Phi) is 6.43. The predicted octanol–water partition coefficient (Wildman–Crippen LogP) is 4.52. The molecule has 4 heteroatoms. The van der Waals surface area contributed by atoms with Crippen molar-refractivity contribution in [2.75, 3.05) is 0 Å². The smallest absolute Gasteiger partial charge is 0.339 e. The second kappa shape index (κ2) is 9.18. The molecule has 0 heterocycles. The van der Waals surface area contributed by atoms with Crippen molar-refractivity contribution < 1.29 is 14.3 Å². The summed E-state index contributed by atoms with van der Waals surface area (Å²) in [5.74, 6) is -0.773. The summed E-state index contributed by atoms with van der Waals surface area (Å²) in [6.45, 7) is 3.56. The molecule has 0 radical (unpaired) electrons. The lowest BCUT2D eigenvalue weighted by molar-refractivity contribution is -0.129. The zero-order valence-electron chi connectivity index (χ0n) is 16.2. The summed E-state index contributed by atoms with van der Waals surface area (Å²) in [4.78, 5) is 25.0. The highest BCUT2D eigenvalue weighted by atomic mass is 16.5. The van der Waals surface area contributed by atoms with Gasteiger partial charge in [-0.3, -0.25) is 4.79 Å². The van der Waals surface area contributed by atoms with E-state index in [9.17, 15) is 9.59 Å². The van der Waals surface area contributed by atoms with Gasteiger partial charge in [-0.1, -0.05) is 66.7 Å². The molecule has 3 rings (SSSR count). The van der Waals surface area contributed by atoms with Gasteiger partial charge in [-0.25, -0.2) is 4.79 Å². The Morgan fingerprint density at radius 3 is 2.36 bits per heavy atom. The number of benzene rings is 3. The van der Waals surface area contributed by atoms with Crippen molar-refractivity contribution in [3.63, 3.8) is 0 Å². The van der Waals surface area contributed by atoms with E-state index in [0.717, 1.165) is 23.6 Å². The van der Waals surface area contributed by atoms with Gasteiger partial charge in [0, 0.05) is 6.04 Å². The van der Waals surface area contributed by atoms with Crippen molar-refractivity contribution in [1.29, 1.82) is 0 Å². The minimum atomic E-state index is -0.856. The van der Waals surface area contributed by atoms with E-state index < -0.39 is 12.1 Å². The summed E-state index contributed by atoms with van der Waals surface area (Å²) in [5, 5.41) is 4.71. The van der Waals surface area contributed by atoms with Crippen LogP contribution in [0, 0.1) is 0 Å². The fourth-order valence-electron chi connectivity index (χ4n) is 3.14. The van der Waals surface area contributed by atoms with E-state index in [1.165, 1.54) is 5.56 Å². The van der Waals surface area contributed by atoms with E-state index in [0.29, 0.717) is 5.56 Å². The van der Waals surface area contributed by atoms with Crippen LogP contribution in [0.15, 0.2) is 72.8 Å². The molecule has 0 fully saturated rings. The molecule has 28 heavy (non-hydrogen) atoms. The SMILES string of the molecule is C[C@H](CCc1ccccc1)NC(=O)[C@H](C)OC(=O)c1cccc2ccccc12. The van der Waals surface area contributed by atoms with Crippen molar-refractivity contribution in [2.24, 2.45) is 0 Å². The Hall–Kier alpha value is -3.14. The van der Waals surface area contributed by atoms with Crippen LogP contribution in [-0.4, -0.2) is 24.0 Å². The predicted molar refractivity (Wildman–Crippen MR) is 111 cm³/mol. The van der Waals surface area contributed by atoms with Crippen LogP contribution in [0.25, 0.3) is 10.8 Å². The number of ether oxygens (including phenoxy) is 1. The second-order valence-corrected chi connectivity index (χ2v) is 7.01. The highest BCUT2D eigenvalue weighted by molar-refractivity contribution is 6.05. The lowest BCUT2D eigenvalue weighted by Crippen LogP contribution is -2.41. The first kappa shape index (κ1) is 19.6. The third-order valence-corrected chi connectivity index (χ3v) is 4.76. The number of nitrogens with one attached hydrogen (secondary N) is 1. The third kappa shape index (κ3) is 4.97. The number of hydrogen-bond acceptors (Lipinski definition) is 3. The monoisotopic (exact) mass is 375 g/mol. The van der Waals surface area contributed by atoms with Gasteiger partial charge in [0.25, 0.3) is 5.91 Å². The summed E-state index contributed by atoms with van der Waals surface area (Å²) < 4.78 is 5.42. The van der Waals surface area contributed by atoms with Crippen LogP contribution in [-0.2, 0) is 16.0 Å². The van der Waals surface area contributed by atoms with Crippen molar-refractivity contribution in [3.8, 4) is 0 Å². The molecule has 0 aliphatic carbocycles. The largest absolute Gasteiger partial charge is 0.449 e. The van der Waals surface area contributed by atoms with Crippen molar-refractivity contribution in [1.82, 2.24) is 5.32 Å². The van der Waals surface area contributed by atoms with E-state index in [4.69, 9.17) is 4.74 Å². The standard InChI is InChI=1S/C24H25NO3/c1-17(15-16-19-9-4-3-5-10-19)25-23(26)18(2)28-24(27)22-14-8-12-20-11-6-7-13-21(20)22/h3-14,17-18H,15-16H2,1-2H3,(H,25,26)/t17-,18+/m1/s1. The van der Waals surface area contributed by atoms with Gasteiger partial charge in [0.05, 0.1) is 5.56 Å². The van der Waals surface area contributed by atoms with Crippen LogP contribution in [0.2, 0.25) is 0 Å². The molecule has 0 aliphatic rings. The van der Waals surface area contributed by atoms with E-state index in [1.54, 1.807) is 13.0 Å². The number of carbonyl (C=O) groups is 2. The quantitative estimate of drug-likeness (QED) is 0.618. The average Bonchev–Trinajstić information content (AvgIpc) is 2.72. The summed E-state index contributed by atoms with van der Waals surface area (Å²) in [5.41, 5.74) is 1.70. The second-order valence-electron chi connectivity index (χ2n) is 7.01. The summed E-state index contributed by atoms with van der Waals surface area (Å²) in [6.07, 6.45) is 0.845. The molecule has 1 N–H and O–H groups in total. The van der Waals surface area contributed by atoms with Gasteiger partial charge < -0.3 is 10.1 Å². The van der Waals surface area contributed by atoms with Crippen molar-refractivity contribution in [2.45, 2.75) is 38.8 Å². The molecule has 0 saturated heterocycles. The number of aryl methyl sites for hydroxylation is 1. The minimum Gasteiger partial charge on any atom is -0.449 e. The molecule has 2 atom stereocenters. The van der Waals surface area contributed by atoms with Gasteiger partial charge in [-0.15, -0.1) is 0 Å².